The van der Waals surface area contributed by atoms with Gasteiger partial charge in [-0.2, -0.15) is 0 Å². The highest BCUT2D eigenvalue weighted by Gasteiger charge is 2.14. The molecule has 0 spiro atoms. The fourth-order valence-electron chi connectivity index (χ4n) is 1.90. The summed E-state index contributed by atoms with van der Waals surface area (Å²) < 4.78 is 5.29. The molecule has 0 aliphatic rings. The number of furan rings is 1. The first-order valence-corrected chi connectivity index (χ1v) is 6.67. The Kier molecular flexibility index (Phi) is 4.81. The average molecular weight is 283 g/mol. The molecule has 2 aromatic rings. The van der Waals surface area contributed by atoms with Gasteiger partial charge in [-0.1, -0.05) is 24.0 Å². The highest BCUT2D eigenvalue weighted by Crippen LogP contribution is 2.15. The fourth-order valence-corrected chi connectivity index (χ4v) is 1.90. The number of benzene rings is 1. The van der Waals surface area contributed by atoms with E-state index >= 15 is 0 Å². The third-order valence-electron chi connectivity index (χ3n) is 3.03. The largest absolute Gasteiger partial charge is 0.456 e. The maximum atomic E-state index is 12.0. The number of rotatable bonds is 3. The molecule has 2 N–H and O–H groups in total. The van der Waals surface area contributed by atoms with Crippen molar-refractivity contribution in [1.29, 1.82) is 0 Å². The molecule has 1 atom stereocenters. The minimum Gasteiger partial charge on any atom is -0.456 e. The van der Waals surface area contributed by atoms with Crippen LogP contribution in [0.15, 0.2) is 40.8 Å². The first kappa shape index (κ1) is 14.9. The molecule has 1 amide bonds. The Hall–Kier alpha value is -2.51. The minimum absolute atomic E-state index is 0.136. The van der Waals surface area contributed by atoms with E-state index in [1.807, 2.05) is 31.2 Å². The highest BCUT2D eigenvalue weighted by atomic mass is 16.3. The molecule has 0 saturated carbocycles. The van der Waals surface area contributed by atoms with Gasteiger partial charge in [-0.05, 0) is 43.7 Å². The average Bonchev–Trinajstić information content (AvgIpc) is 2.92. The summed E-state index contributed by atoms with van der Waals surface area (Å²) in [5.74, 6) is 6.20. The van der Waals surface area contributed by atoms with Gasteiger partial charge in [0, 0.05) is 5.56 Å². The summed E-state index contributed by atoms with van der Waals surface area (Å²) >= 11 is 0. The minimum atomic E-state index is -0.236. The van der Waals surface area contributed by atoms with Gasteiger partial charge >= 0.3 is 0 Å². The molecule has 1 aromatic carbocycles. The fraction of sp³-hybridized carbons (Fsp3) is 0.235. The number of carbonyl (C=O) groups is 1. The van der Waals surface area contributed by atoms with Crippen molar-refractivity contribution in [2.45, 2.75) is 19.9 Å². The molecule has 0 radical (unpaired) electrons. The Morgan fingerprint density at radius 3 is 2.57 bits per heavy atom. The van der Waals surface area contributed by atoms with Crippen LogP contribution < -0.4 is 5.32 Å². The molecule has 0 saturated heterocycles. The van der Waals surface area contributed by atoms with Crippen molar-refractivity contribution in [3.05, 3.63) is 59.0 Å². The van der Waals surface area contributed by atoms with E-state index in [1.165, 1.54) is 0 Å². The van der Waals surface area contributed by atoms with Crippen LogP contribution in [0, 0.1) is 18.8 Å². The Labute approximate surface area is 123 Å². The lowest BCUT2D eigenvalue weighted by molar-refractivity contribution is 0.0910. The summed E-state index contributed by atoms with van der Waals surface area (Å²) in [5.41, 5.74) is 1.80. The van der Waals surface area contributed by atoms with Crippen LogP contribution >= 0.6 is 0 Å². The van der Waals surface area contributed by atoms with E-state index < -0.39 is 0 Å². The zero-order valence-corrected chi connectivity index (χ0v) is 12.0. The lowest BCUT2D eigenvalue weighted by Gasteiger charge is -2.13. The van der Waals surface area contributed by atoms with Crippen molar-refractivity contribution in [2.75, 3.05) is 6.61 Å². The summed E-state index contributed by atoms with van der Waals surface area (Å²) in [7, 11) is 0. The van der Waals surface area contributed by atoms with Crippen LogP contribution in [0.25, 0.3) is 0 Å². The van der Waals surface area contributed by atoms with Crippen LogP contribution in [0.4, 0.5) is 0 Å². The number of aryl methyl sites for hydroxylation is 1. The van der Waals surface area contributed by atoms with Crippen LogP contribution in [0.3, 0.4) is 0 Å². The summed E-state index contributed by atoms with van der Waals surface area (Å²) in [6, 6.07) is 10.8. The maximum absolute atomic E-state index is 12.0. The first-order valence-electron chi connectivity index (χ1n) is 6.67. The molecule has 0 bridgehead atoms. The zero-order valence-electron chi connectivity index (χ0n) is 12.0. The predicted octanol–water partition coefficient (Wildman–Crippen LogP) is 2.42. The quantitative estimate of drug-likeness (QED) is 0.850. The number of amides is 1. The van der Waals surface area contributed by atoms with Crippen molar-refractivity contribution in [3.8, 4) is 11.8 Å². The Morgan fingerprint density at radius 2 is 2.00 bits per heavy atom. The van der Waals surface area contributed by atoms with Crippen LogP contribution in [0.1, 0.15) is 40.4 Å². The zero-order chi connectivity index (χ0) is 15.2. The van der Waals surface area contributed by atoms with Crippen LogP contribution in [-0.4, -0.2) is 17.6 Å². The van der Waals surface area contributed by atoms with E-state index in [0.29, 0.717) is 11.5 Å². The van der Waals surface area contributed by atoms with Gasteiger partial charge in [0.05, 0.1) is 6.04 Å². The van der Waals surface area contributed by atoms with E-state index in [0.717, 1.165) is 11.1 Å². The molecule has 1 aromatic heterocycles. The van der Waals surface area contributed by atoms with E-state index in [2.05, 4.69) is 17.2 Å². The second-order valence-corrected chi connectivity index (χ2v) is 4.69. The van der Waals surface area contributed by atoms with Crippen LogP contribution in [-0.2, 0) is 0 Å². The predicted molar refractivity (Wildman–Crippen MR) is 79.7 cm³/mol. The van der Waals surface area contributed by atoms with Gasteiger partial charge in [-0.25, -0.2) is 0 Å². The Bertz CT molecular complexity index is 674. The van der Waals surface area contributed by atoms with Crippen LogP contribution in [0.5, 0.6) is 0 Å². The Morgan fingerprint density at radius 1 is 1.29 bits per heavy atom. The molecule has 2 rings (SSSR count). The molecule has 0 aliphatic carbocycles. The van der Waals surface area contributed by atoms with Gasteiger partial charge in [-0.15, -0.1) is 0 Å². The molecule has 1 heterocycles. The number of aliphatic hydroxyl groups excluding tert-OH is 1. The van der Waals surface area contributed by atoms with E-state index in [4.69, 9.17) is 9.52 Å². The lowest BCUT2D eigenvalue weighted by Crippen LogP contribution is -2.26. The monoisotopic (exact) mass is 283 g/mol. The molecular formula is C17H17NO3. The number of nitrogens with one attached hydrogen (secondary N) is 1. The molecule has 4 nitrogen and oxygen atoms in total. The third kappa shape index (κ3) is 3.98. The van der Waals surface area contributed by atoms with E-state index in [9.17, 15) is 4.79 Å². The Balaban J connectivity index is 2.03. The number of aliphatic hydroxyl groups is 1. The van der Waals surface area contributed by atoms with E-state index in [-0.39, 0.29) is 18.6 Å². The van der Waals surface area contributed by atoms with Crippen molar-refractivity contribution in [1.82, 2.24) is 5.32 Å². The van der Waals surface area contributed by atoms with Gasteiger partial charge in [0.1, 0.15) is 12.4 Å². The number of hydrogen-bond acceptors (Lipinski definition) is 3. The molecule has 21 heavy (non-hydrogen) atoms. The molecule has 108 valence electrons. The topological polar surface area (TPSA) is 62.5 Å². The highest BCUT2D eigenvalue weighted by molar-refractivity contribution is 5.91. The summed E-state index contributed by atoms with van der Waals surface area (Å²) in [6.07, 6.45) is 0. The molecule has 0 aliphatic heterocycles. The lowest BCUT2D eigenvalue weighted by atomic mass is 10.1. The second kappa shape index (κ2) is 6.78. The van der Waals surface area contributed by atoms with Gasteiger partial charge < -0.3 is 14.8 Å². The first-order chi connectivity index (χ1) is 10.1. The molecule has 0 fully saturated rings. The normalized spacial score (nSPS) is 11.4. The van der Waals surface area contributed by atoms with Crippen LogP contribution in [0.2, 0.25) is 0 Å². The van der Waals surface area contributed by atoms with Gasteiger partial charge in [-0.3, -0.25) is 4.79 Å². The van der Waals surface area contributed by atoms with Crippen molar-refractivity contribution in [3.63, 3.8) is 0 Å². The summed E-state index contributed by atoms with van der Waals surface area (Å²) in [4.78, 5) is 12.0. The molecular weight excluding hydrogens is 266 g/mol. The van der Waals surface area contributed by atoms with E-state index in [1.54, 1.807) is 19.1 Å². The maximum Gasteiger partial charge on any atom is 0.287 e. The molecule has 4 heteroatoms. The van der Waals surface area contributed by atoms with Gasteiger partial charge in [0.25, 0.3) is 5.91 Å². The number of hydrogen-bond donors (Lipinski definition) is 2. The summed E-state index contributed by atoms with van der Waals surface area (Å²) in [6.45, 7) is 3.55. The third-order valence-corrected chi connectivity index (χ3v) is 3.03. The summed E-state index contributed by atoms with van der Waals surface area (Å²) in [5, 5.41) is 11.5. The molecule has 1 unspecified atom stereocenters. The second-order valence-electron chi connectivity index (χ2n) is 4.69. The van der Waals surface area contributed by atoms with Crippen molar-refractivity contribution >= 4 is 5.91 Å². The van der Waals surface area contributed by atoms with Crippen molar-refractivity contribution in [2.24, 2.45) is 0 Å². The standard InChI is InChI=1S/C17H17NO3/c1-12-5-10-16(21-12)17(20)18-13(2)15-8-6-14(7-9-15)4-3-11-19/h5-10,13,19H,11H2,1-2H3,(H,18,20). The SMILES string of the molecule is Cc1ccc(C(=O)NC(C)c2ccc(C#CCO)cc2)o1. The number of carbonyl (C=O) groups excluding carboxylic acids is 1. The smallest absolute Gasteiger partial charge is 0.287 e. The van der Waals surface area contributed by atoms with Gasteiger partial charge in [0.2, 0.25) is 0 Å². The van der Waals surface area contributed by atoms with Crippen molar-refractivity contribution < 1.29 is 14.3 Å². The van der Waals surface area contributed by atoms with Gasteiger partial charge in [0.15, 0.2) is 5.76 Å².